The van der Waals surface area contributed by atoms with Crippen molar-refractivity contribution < 1.29 is 9.59 Å². The Morgan fingerprint density at radius 2 is 1.95 bits per heavy atom. The second-order valence-electron chi connectivity index (χ2n) is 5.30. The van der Waals surface area contributed by atoms with Crippen LogP contribution in [0.4, 0.5) is 0 Å². The molecule has 1 aliphatic heterocycles. The van der Waals surface area contributed by atoms with Crippen LogP contribution in [0.15, 0.2) is 18.3 Å². The predicted octanol–water partition coefficient (Wildman–Crippen LogP) is 1.67. The normalized spacial score (nSPS) is 20.9. The van der Waals surface area contributed by atoms with Crippen molar-refractivity contribution >= 4 is 29.0 Å². The van der Waals surface area contributed by atoms with Gasteiger partial charge in [0, 0.05) is 6.20 Å². The first-order valence-corrected chi connectivity index (χ1v) is 7.12. The molecule has 0 radical (unpaired) electrons. The molecule has 2 heterocycles. The Morgan fingerprint density at radius 3 is 2.55 bits per heavy atom. The predicted molar refractivity (Wildman–Crippen MR) is 77.3 cm³/mol. The van der Waals surface area contributed by atoms with E-state index in [9.17, 15) is 9.59 Å². The van der Waals surface area contributed by atoms with Crippen molar-refractivity contribution in [3.63, 3.8) is 0 Å². The Balaban J connectivity index is 2.08. The van der Waals surface area contributed by atoms with E-state index in [-0.39, 0.29) is 22.5 Å². The number of carbonyl (C=O) groups excluding carboxylic acids is 2. The lowest BCUT2D eigenvalue weighted by Gasteiger charge is -2.42. The number of hydrogen-bond acceptors (Lipinski definition) is 4. The molecule has 20 heavy (non-hydrogen) atoms. The second-order valence-corrected chi connectivity index (χ2v) is 5.74. The second kappa shape index (κ2) is 4.63. The van der Waals surface area contributed by atoms with E-state index in [0.717, 1.165) is 19.3 Å². The Bertz CT molecular complexity index is 573. The minimum atomic E-state index is -0.817. The third kappa shape index (κ3) is 1.67. The molecule has 5 nitrogen and oxygen atoms in total. The van der Waals surface area contributed by atoms with Gasteiger partial charge in [0.05, 0.1) is 10.6 Å². The topological polar surface area (TPSA) is 76.3 Å². The fraction of sp³-hybridized carbons (Fsp3) is 0.429. The summed E-state index contributed by atoms with van der Waals surface area (Å²) in [5.41, 5.74) is 5.64. The van der Waals surface area contributed by atoms with Crippen LogP contribution in [0, 0.1) is 0 Å². The first-order chi connectivity index (χ1) is 9.58. The zero-order chi connectivity index (χ0) is 14.3. The highest BCUT2D eigenvalue weighted by Gasteiger charge is 2.51. The molecule has 1 aromatic heterocycles. The SMILES string of the molecule is NC(=S)C1(N2C(=O)c3cccnc3C2=O)CCCCC1. The fourth-order valence-corrected chi connectivity index (χ4v) is 3.47. The summed E-state index contributed by atoms with van der Waals surface area (Å²) in [7, 11) is 0. The Hall–Kier alpha value is -1.82. The van der Waals surface area contributed by atoms with Crippen molar-refractivity contribution in [2.45, 2.75) is 37.6 Å². The number of thiocarbonyl (C=S) groups is 1. The van der Waals surface area contributed by atoms with Gasteiger partial charge in [-0.1, -0.05) is 31.5 Å². The van der Waals surface area contributed by atoms with E-state index >= 15 is 0 Å². The smallest absolute Gasteiger partial charge is 0.281 e. The zero-order valence-corrected chi connectivity index (χ0v) is 11.8. The highest BCUT2D eigenvalue weighted by Crippen LogP contribution is 2.38. The number of amides is 2. The largest absolute Gasteiger partial charge is 0.391 e. The standard InChI is InChI=1S/C14H15N3O2S/c15-13(20)14(6-2-1-3-7-14)17-11(18)9-5-4-8-16-10(9)12(17)19/h4-5,8H,1-3,6-7H2,(H2,15,20). The molecule has 0 spiro atoms. The van der Waals surface area contributed by atoms with Crippen molar-refractivity contribution in [1.82, 2.24) is 9.88 Å². The highest BCUT2D eigenvalue weighted by molar-refractivity contribution is 7.80. The van der Waals surface area contributed by atoms with Crippen LogP contribution < -0.4 is 5.73 Å². The molecular formula is C14H15N3O2S. The van der Waals surface area contributed by atoms with E-state index < -0.39 is 5.54 Å². The maximum Gasteiger partial charge on any atom is 0.281 e. The molecule has 0 aromatic carbocycles. The lowest BCUT2D eigenvalue weighted by molar-refractivity contribution is 0.0468. The lowest BCUT2D eigenvalue weighted by atomic mass is 9.80. The lowest BCUT2D eigenvalue weighted by Crippen LogP contribution is -2.59. The number of nitrogens with zero attached hydrogens (tertiary/aromatic N) is 2. The molecule has 0 bridgehead atoms. The number of aromatic nitrogens is 1. The summed E-state index contributed by atoms with van der Waals surface area (Å²) in [6.45, 7) is 0. The number of pyridine rings is 1. The van der Waals surface area contributed by atoms with Crippen molar-refractivity contribution in [3.8, 4) is 0 Å². The van der Waals surface area contributed by atoms with Gasteiger partial charge in [-0.3, -0.25) is 19.5 Å². The molecule has 2 aliphatic rings. The minimum absolute atomic E-state index is 0.207. The maximum absolute atomic E-state index is 12.6. The molecule has 6 heteroatoms. The first-order valence-electron chi connectivity index (χ1n) is 6.72. The van der Waals surface area contributed by atoms with Crippen LogP contribution >= 0.6 is 12.2 Å². The van der Waals surface area contributed by atoms with Gasteiger partial charge < -0.3 is 5.73 Å². The van der Waals surface area contributed by atoms with E-state index in [0.29, 0.717) is 18.4 Å². The third-order valence-corrected chi connectivity index (χ3v) is 4.59. The molecule has 0 unspecified atom stereocenters. The van der Waals surface area contributed by atoms with Gasteiger partial charge in [-0.25, -0.2) is 0 Å². The molecule has 1 fully saturated rings. The van der Waals surface area contributed by atoms with Crippen LogP contribution in [0.1, 0.15) is 53.0 Å². The Morgan fingerprint density at radius 1 is 1.25 bits per heavy atom. The van der Waals surface area contributed by atoms with Gasteiger partial charge >= 0.3 is 0 Å². The van der Waals surface area contributed by atoms with Gasteiger partial charge in [0.15, 0.2) is 0 Å². The molecule has 3 rings (SSSR count). The quantitative estimate of drug-likeness (QED) is 0.662. The Kier molecular flexibility index (Phi) is 3.05. The number of carbonyl (C=O) groups is 2. The molecule has 104 valence electrons. The fourth-order valence-electron chi connectivity index (χ4n) is 3.17. The van der Waals surface area contributed by atoms with Gasteiger partial charge in [0.2, 0.25) is 0 Å². The molecular weight excluding hydrogens is 274 g/mol. The van der Waals surface area contributed by atoms with Gasteiger partial charge in [-0.2, -0.15) is 0 Å². The van der Waals surface area contributed by atoms with E-state index in [1.165, 1.54) is 11.1 Å². The molecule has 1 aromatic rings. The van der Waals surface area contributed by atoms with Crippen molar-refractivity contribution in [3.05, 3.63) is 29.6 Å². The summed E-state index contributed by atoms with van der Waals surface area (Å²) in [6, 6.07) is 3.28. The molecule has 0 saturated heterocycles. The van der Waals surface area contributed by atoms with E-state index in [2.05, 4.69) is 4.98 Å². The van der Waals surface area contributed by atoms with Crippen molar-refractivity contribution in [2.75, 3.05) is 0 Å². The number of hydrogen-bond donors (Lipinski definition) is 1. The molecule has 2 amide bonds. The monoisotopic (exact) mass is 289 g/mol. The molecule has 1 aliphatic carbocycles. The van der Waals surface area contributed by atoms with Crippen molar-refractivity contribution in [1.29, 1.82) is 0 Å². The maximum atomic E-state index is 12.6. The molecule has 1 saturated carbocycles. The number of imide groups is 1. The summed E-state index contributed by atoms with van der Waals surface area (Å²) in [5, 5.41) is 0. The van der Waals surface area contributed by atoms with Gasteiger partial charge in [0.1, 0.15) is 11.2 Å². The average Bonchev–Trinajstić information content (AvgIpc) is 2.72. The third-order valence-electron chi connectivity index (χ3n) is 4.21. The van der Waals surface area contributed by atoms with Crippen LogP contribution in [-0.2, 0) is 0 Å². The van der Waals surface area contributed by atoms with Gasteiger partial charge in [-0.15, -0.1) is 0 Å². The number of fused-ring (bicyclic) bond motifs is 1. The first kappa shape index (κ1) is 13.2. The van der Waals surface area contributed by atoms with Crippen molar-refractivity contribution in [2.24, 2.45) is 5.73 Å². The van der Waals surface area contributed by atoms with Crippen LogP contribution in [0.3, 0.4) is 0 Å². The number of nitrogens with two attached hydrogens (primary N) is 1. The molecule has 2 N–H and O–H groups in total. The summed E-state index contributed by atoms with van der Waals surface area (Å²) in [4.78, 5) is 30.6. The van der Waals surface area contributed by atoms with E-state index in [4.69, 9.17) is 18.0 Å². The summed E-state index contributed by atoms with van der Waals surface area (Å²) in [5.74, 6) is -0.701. The number of rotatable bonds is 2. The Labute approximate surface area is 122 Å². The van der Waals surface area contributed by atoms with Gasteiger partial charge in [0.25, 0.3) is 11.8 Å². The van der Waals surface area contributed by atoms with E-state index in [1.54, 1.807) is 12.1 Å². The van der Waals surface area contributed by atoms with E-state index in [1.807, 2.05) is 0 Å². The summed E-state index contributed by atoms with van der Waals surface area (Å²) < 4.78 is 0. The van der Waals surface area contributed by atoms with Crippen LogP contribution in [0.5, 0.6) is 0 Å². The van der Waals surface area contributed by atoms with Gasteiger partial charge in [-0.05, 0) is 25.0 Å². The summed E-state index contributed by atoms with van der Waals surface area (Å²) in [6.07, 6.45) is 5.71. The average molecular weight is 289 g/mol. The zero-order valence-electron chi connectivity index (χ0n) is 11.0. The van der Waals surface area contributed by atoms with Crippen LogP contribution in [0.25, 0.3) is 0 Å². The minimum Gasteiger partial charge on any atom is -0.391 e. The van der Waals surface area contributed by atoms with Crippen LogP contribution in [-0.4, -0.2) is 32.2 Å². The highest BCUT2D eigenvalue weighted by atomic mass is 32.1. The van der Waals surface area contributed by atoms with Crippen LogP contribution in [0.2, 0.25) is 0 Å². The molecule has 0 atom stereocenters. The summed E-state index contributed by atoms with van der Waals surface area (Å²) >= 11 is 5.19.